The molecule has 3 rings (SSSR count). The molecule has 2 aromatic heterocycles. The maximum atomic E-state index is 9.08. The topological polar surface area (TPSA) is 64.5 Å². The van der Waals surface area contributed by atoms with Crippen LogP contribution in [0.1, 0.15) is 11.1 Å². The minimum Gasteiger partial charge on any atom is -0.358 e. The lowest BCUT2D eigenvalue weighted by Crippen LogP contribution is -1.88. The molecule has 0 aliphatic carbocycles. The number of thiazole rings is 1. The zero-order valence-corrected chi connectivity index (χ0v) is 11.7. The van der Waals surface area contributed by atoms with Gasteiger partial charge in [-0.3, -0.25) is 4.98 Å². The average Bonchev–Trinajstić information content (AvgIpc) is 3.04. The Balaban J connectivity index is 1.99. The van der Waals surface area contributed by atoms with Crippen molar-refractivity contribution in [2.24, 2.45) is 0 Å². The molecule has 19 heavy (non-hydrogen) atoms. The predicted molar refractivity (Wildman–Crippen MR) is 79.3 cm³/mol. The third-order valence-electron chi connectivity index (χ3n) is 2.73. The van der Waals surface area contributed by atoms with Crippen molar-refractivity contribution in [3.63, 3.8) is 0 Å². The first-order valence-corrected chi connectivity index (χ1v) is 7.30. The molecule has 2 N–H and O–H groups in total. The van der Waals surface area contributed by atoms with E-state index in [0.717, 1.165) is 26.4 Å². The zero-order valence-electron chi connectivity index (χ0n) is 10.1. The van der Waals surface area contributed by atoms with Gasteiger partial charge in [-0.2, -0.15) is 5.26 Å². The van der Waals surface area contributed by atoms with Gasteiger partial charge in [0, 0.05) is 11.6 Å². The first-order chi connectivity index (χ1) is 9.28. The Kier molecular flexibility index (Phi) is 3.15. The highest BCUT2D eigenvalue weighted by Gasteiger charge is 2.09. The molecular weight excluding hydrogens is 276 g/mol. The first kappa shape index (κ1) is 12.1. The summed E-state index contributed by atoms with van der Waals surface area (Å²) in [6, 6.07) is 6.28. The molecule has 0 amide bonds. The van der Waals surface area contributed by atoms with E-state index in [0.29, 0.717) is 5.56 Å². The molecule has 0 radical (unpaired) electrons. The highest BCUT2D eigenvalue weighted by Crippen LogP contribution is 2.31. The summed E-state index contributed by atoms with van der Waals surface area (Å²) in [6.45, 7) is 2.02. The number of aryl methyl sites for hydroxylation is 1. The van der Waals surface area contributed by atoms with Crippen molar-refractivity contribution < 1.29 is 0 Å². The zero-order chi connectivity index (χ0) is 13.2. The summed E-state index contributed by atoms with van der Waals surface area (Å²) in [4.78, 5) is 7.19. The lowest BCUT2D eigenvalue weighted by molar-refractivity contribution is 1.38. The van der Waals surface area contributed by atoms with E-state index in [9.17, 15) is 0 Å². The van der Waals surface area contributed by atoms with Gasteiger partial charge in [0.25, 0.3) is 0 Å². The second kappa shape index (κ2) is 4.96. The fourth-order valence-electron chi connectivity index (χ4n) is 1.91. The molecule has 2 heterocycles. The van der Waals surface area contributed by atoms with Crippen molar-refractivity contribution in [1.82, 2.24) is 9.97 Å². The number of hydrogen-bond acceptors (Lipinski definition) is 5. The van der Waals surface area contributed by atoms with Crippen molar-refractivity contribution in [3.05, 3.63) is 41.2 Å². The van der Waals surface area contributed by atoms with Crippen LogP contribution in [0.25, 0.3) is 10.9 Å². The van der Waals surface area contributed by atoms with Crippen LogP contribution in [0.3, 0.4) is 0 Å². The third kappa shape index (κ3) is 2.30. The molecule has 3 aromatic rings. The Morgan fingerprint density at radius 3 is 3.11 bits per heavy atom. The van der Waals surface area contributed by atoms with Crippen LogP contribution in [0.2, 0.25) is 0 Å². The van der Waals surface area contributed by atoms with Crippen LogP contribution < -0.4 is 4.72 Å². The molecule has 1 aromatic carbocycles. The SMILES string of the molecule is Cc1cc(NSc2cncs2)c2[nH]cc(C#N)c2c1. The summed E-state index contributed by atoms with van der Waals surface area (Å²) < 4.78 is 4.41. The molecule has 94 valence electrons. The van der Waals surface area contributed by atoms with Crippen molar-refractivity contribution in [1.29, 1.82) is 5.26 Å². The standard InChI is InChI=1S/C13H10N4S2/c1-8-2-10-9(4-14)5-16-13(10)11(3-8)17-19-12-6-15-7-18-12/h2-3,5-7,16-17H,1H3. The van der Waals surface area contributed by atoms with Crippen LogP contribution in [0.4, 0.5) is 5.69 Å². The number of nitrogens with one attached hydrogen (secondary N) is 2. The Hall–Kier alpha value is -1.97. The monoisotopic (exact) mass is 286 g/mol. The maximum Gasteiger partial charge on any atom is 0.101 e. The fourth-order valence-corrected chi connectivity index (χ4v) is 3.19. The predicted octanol–water partition coefficient (Wildman–Crippen LogP) is 3.92. The number of rotatable bonds is 3. The van der Waals surface area contributed by atoms with E-state index < -0.39 is 0 Å². The van der Waals surface area contributed by atoms with Gasteiger partial charge >= 0.3 is 0 Å². The molecule has 0 aliphatic heterocycles. The van der Waals surface area contributed by atoms with Crippen molar-refractivity contribution >= 4 is 39.9 Å². The van der Waals surface area contributed by atoms with Gasteiger partial charge in [-0.1, -0.05) is 0 Å². The van der Waals surface area contributed by atoms with Crippen LogP contribution in [0.5, 0.6) is 0 Å². The number of benzene rings is 1. The third-order valence-corrected chi connectivity index (χ3v) is 4.46. The van der Waals surface area contributed by atoms with E-state index in [4.69, 9.17) is 5.26 Å². The van der Waals surface area contributed by atoms with Crippen molar-refractivity contribution in [2.45, 2.75) is 11.1 Å². The van der Waals surface area contributed by atoms with Crippen LogP contribution >= 0.6 is 23.3 Å². The number of nitriles is 1. The van der Waals surface area contributed by atoms with Gasteiger partial charge in [-0.15, -0.1) is 11.3 Å². The van der Waals surface area contributed by atoms with Gasteiger partial charge in [0.2, 0.25) is 0 Å². The molecule has 0 spiro atoms. The van der Waals surface area contributed by atoms with Crippen molar-refractivity contribution in [2.75, 3.05) is 4.72 Å². The highest BCUT2D eigenvalue weighted by molar-refractivity contribution is 8.02. The van der Waals surface area contributed by atoms with Crippen LogP contribution in [0.15, 0.2) is 34.2 Å². The minimum atomic E-state index is 0.671. The van der Waals surface area contributed by atoms with E-state index in [-0.39, 0.29) is 0 Å². The molecule has 0 saturated heterocycles. The van der Waals surface area contributed by atoms with E-state index in [1.165, 1.54) is 11.9 Å². The average molecular weight is 286 g/mol. The van der Waals surface area contributed by atoms with Crippen LogP contribution in [-0.4, -0.2) is 9.97 Å². The minimum absolute atomic E-state index is 0.671. The normalized spacial score (nSPS) is 10.5. The highest BCUT2D eigenvalue weighted by atomic mass is 32.2. The van der Waals surface area contributed by atoms with Gasteiger partial charge in [0.05, 0.1) is 28.5 Å². The van der Waals surface area contributed by atoms with E-state index in [1.807, 2.05) is 19.2 Å². The molecule has 6 heteroatoms. The molecule has 0 bridgehead atoms. The summed E-state index contributed by atoms with van der Waals surface area (Å²) in [6.07, 6.45) is 3.57. The molecule has 0 saturated carbocycles. The van der Waals surface area contributed by atoms with E-state index in [1.54, 1.807) is 23.0 Å². The first-order valence-electron chi connectivity index (χ1n) is 5.61. The summed E-state index contributed by atoms with van der Waals surface area (Å²) in [5, 5.41) is 10.0. The summed E-state index contributed by atoms with van der Waals surface area (Å²) in [7, 11) is 0. The van der Waals surface area contributed by atoms with Gasteiger partial charge < -0.3 is 9.71 Å². The van der Waals surface area contributed by atoms with Crippen LogP contribution in [0, 0.1) is 18.3 Å². The number of fused-ring (bicyclic) bond motifs is 1. The number of hydrogen-bond donors (Lipinski definition) is 2. The maximum absolute atomic E-state index is 9.08. The lowest BCUT2D eigenvalue weighted by atomic mass is 10.1. The molecule has 0 unspecified atom stereocenters. The van der Waals surface area contributed by atoms with E-state index in [2.05, 4.69) is 26.8 Å². The van der Waals surface area contributed by atoms with Gasteiger partial charge in [-0.25, -0.2) is 0 Å². The summed E-state index contributed by atoms with van der Waals surface area (Å²) >= 11 is 3.11. The van der Waals surface area contributed by atoms with E-state index >= 15 is 0 Å². The molecule has 4 nitrogen and oxygen atoms in total. The number of H-pyrrole nitrogens is 1. The second-order valence-corrected chi connectivity index (χ2v) is 6.07. The number of nitrogens with zero attached hydrogens (tertiary/aromatic N) is 2. The Labute approximate surface area is 118 Å². The summed E-state index contributed by atoms with van der Waals surface area (Å²) in [5.41, 5.74) is 5.53. The van der Waals surface area contributed by atoms with Gasteiger partial charge in [0.1, 0.15) is 10.3 Å². The van der Waals surface area contributed by atoms with Crippen LogP contribution in [-0.2, 0) is 0 Å². The Morgan fingerprint density at radius 1 is 1.47 bits per heavy atom. The number of aromatic amines is 1. The fraction of sp³-hybridized carbons (Fsp3) is 0.0769. The van der Waals surface area contributed by atoms with Gasteiger partial charge in [-0.05, 0) is 36.6 Å². The number of aromatic nitrogens is 2. The Bertz CT molecular complexity index is 753. The van der Waals surface area contributed by atoms with Crippen molar-refractivity contribution in [3.8, 4) is 6.07 Å². The lowest BCUT2D eigenvalue weighted by Gasteiger charge is -2.06. The number of anilines is 1. The Morgan fingerprint density at radius 2 is 2.37 bits per heavy atom. The van der Waals surface area contributed by atoms with Gasteiger partial charge in [0.15, 0.2) is 0 Å². The summed E-state index contributed by atoms with van der Waals surface area (Å²) in [5.74, 6) is 0. The second-order valence-electron chi connectivity index (χ2n) is 4.07. The molecule has 0 fully saturated rings. The largest absolute Gasteiger partial charge is 0.358 e. The molecule has 0 aliphatic rings. The quantitative estimate of drug-likeness (QED) is 0.716. The molecular formula is C13H10N4S2. The smallest absolute Gasteiger partial charge is 0.101 e. The molecule has 0 atom stereocenters.